The molecule has 0 radical (unpaired) electrons. The predicted octanol–water partition coefficient (Wildman–Crippen LogP) is 4.54. The number of amides is 3. The number of likely N-dealkylation sites (tertiary alicyclic amines) is 1. The van der Waals surface area contributed by atoms with Crippen molar-refractivity contribution in [2.24, 2.45) is 5.92 Å². The SMILES string of the molecule is CCCCNC(=O)C1CCC(C)N(C(=O)Nc2cc(Cl)ccc2Cl)C1. The average molecular weight is 386 g/mol. The molecule has 2 rings (SSSR count). The number of carbonyl (C=O) groups excluding carboxylic acids is 2. The number of hydrogen-bond acceptors (Lipinski definition) is 2. The Morgan fingerprint density at radius 2 is 2.04 bits per heavy atom. The van der Waals surface area contributed by atoms with Gasteiger partial charge < -0.3 is 15.5 Å². The molecule has 138 valence electrons. The molecular weight excluding hydrogens is 361 g/mol. The van der Waals surface area contributed by atoms with Gasteiger partial charge in [-0.3, -0.25) is 4.79 Å². The Morgan fingerprint density at radius 3 is 2.76 bits per heavy atom. The van der Waals surface area contributed by atoms with Gasteiger partial charge in [-0.1, -0.05) is 36.5 Å². The minimum Gasteiger partial charge on any atom is -0.356 e. The lowest BCUT2D eigenvalue weighted by molar-refractivity contribution is -0.126. The molecule has 0 saturated carbocycles. The normalized spacial score (nSPS) is 20.2. The van der Waals surface area contributed by atoms with Gasteiger partial charge in [0.25, 0.3) is 0 Å². The molecule has 2 unspecified atom stereocenters. The molecule has 1 aliphatic rings. The zero-order valence-electron chi connectivity index (χ0n) is 14.6. The van der Waals surface area contributed by atoms with Crippen LogP contribution in [0.4, 0.5) is 10.5 Å². The van der Waals surface area contributed by atoms with Gasteiger partial charge in [0.2, 0.25) is 5.91 Å². The summed E-state index contributed by atoms with van der Waals surface area (Å²) in [5.41, 5.74) is 0.473. The van der Waals surface area contributed by atoms with E-state index in [1.54, 1.807) is 23.1 Å². The molecule has 0 bridgehead atoms. The number of nitrogens with one attached hydrogen (secondary N) is 2. The molecule has 25 heavy (non-hydrogen) atoms. The van der Waals surface area contributed by atoms with E-state index in [4.69, 9.17) is 23.2 Å². The second kappa shape index (κ2) is 9.30. The Balaban J connectivity index is 1.99. The van der Waals surface area contributed by atoms with Crippen molar-refractivity contribution in [1.29, 1.82) is 0 Å². The molecule has 1 aromatic rings. The van der Waals surface area contributed by atoms with E-state index in [0.717, 1.165) is 25.7 Å². The minimum absolute atomic E-state index is 0.0268. The summed E-state index contributed by atoms with van der Waals surface area (Å²) in [5.74, 6) is -0.146. The van der Waals surface area contributed by atoms with Crippen LogP contribution in [0.5, 0.6) is 0 Å². The average Bonchev–Trinajstić information content (AvgIpc) is 2.58. The van der Waals surface area contributed by atoms with Crippen molar-refractivity contribution in [3.05, 3.63) is 28.2 Å². The van der Waals surface area contributed by atoms with E-state index in [-0.39, 0.29) is 23.9 Å². The fraction of sp³-hybridized carbons (Fsp3) is 0.556. The van der Waals surface area contributed by atoms with Crippen LogP contribution >= 0.6 is 23.2 Å². The lowest BCUT2D eigenvalue weighted by Gasteiger charge is -2.37. The fourth-order valence-corrected chi connectivity index (χ4v) is 3.25. The second-order valence-electron chi connectivity index (χ2n) is 6.47. The molecule has 2 N–H and O–H groups in total. The molecule has 0 aliphatic carbocycles. The zero-order valence-corrected chi connectivity index (χ0v) is 16.2. The highest BCUT2D eigenvalue weighted by atomic mass is 35.5. The Hall–Kier alpha value is -1.46. The van der Waals surface area contributed by atoms with Crippen LogP contribution in [0.25, 0.3) is 0 Å². The first-order valence-electron chi connectivity index (χ1n) is 8.72. The Morgan fingerprint density at radius 1 is 1.28 bits per heavy atom. The summed E-state index contributed by atoms with van der Waals surface area (Å²) >= 11 is 12.1. The summed E-state index contributed by atoms with van der Waals surface area (Å²) in [6.45, 7) is 5.17. The number of urea groups is 1. The molecule has 0 aromatic heterocycles. The van der Waals surface area contributed by atoms with Crippen molar-refractivity contribution in [2.75, 3.05) is 18.4 Å². The van der Waals surface area contributed by atoms with E-state index in [0.29, 0.717) is 28.8 Å². The summed E-state index contributed by atoms with van der Waals surface area (Å²) in [6.07, 6.45) is 3.59. The molecule has 5 nitrogen and oxygen atoms in total. The fourth-order valence-electron chi connectivity index (χ4n) is 2.92. The number of piperidine rings is 1. The molecule has 1 aliphatic heterocycles. The summed E-state index contributed by atoms with van der Waals surface area (Å²) in [6, 6.07) is 4.73. The predicted molar refractivity (Wildman–Crippen MR) is 102 cm³/mol. The van der Waals surface area contributed by atoms with Crippen LogP contribution in [0.3, 0.4) is 0 Å². The van der Waals surface area contributed by atoms with Gasteiger partial charge in [-0.05, 0) is 44.4 Å². The van der Waals surface area contributed by atoms with E-state index in [2.05, 4.69) is 17.6 Å². The van der Waals surface area contributed by atoms with Crippen LogP contribution in [-0.2, 0) is 4.79 Å². The van der Waals surface area contributed by atoms with Crippen molar-refractivity contribution in [3.63, 3.8) is 0 Å². The van der Waals surface area contributed by atoms with E-state index in [1.807, 2.05) is 6.92 Å². The Kier molecular flexibility index (Phi) is 7.38. The van der Waals surface area contributed by atoms with Gasteiger partial charge in [0, 0.05) is 24.2 Å². The van der Waals surface area contributed by atoms with Gasteiger partial charge in [-0.25, -0.2) is 4.79 Å². The first-order valence-corrected chi connectivity index (χ1v) is 9.48. The van der Waals surface area contributed by atoms with E-state index >= 15 is 0 Å². The highest BCUT2D eigenvalue weighted by Crippen LogP contribution is 2.27. The molecule has 1 heterocycles. The first-order chi connectivity index (χ1) is 11.9. The smallest absolute Gasteiger partial charge is 0.322 e. The van der Waals surface area contributed by atoms with Crippen LogP contribution in [0.1, 0.15) is 39.5 Å². The van der Waals surface area contributed by atoms with E-state index in [1.165, 1.54) is 0 Å². The van der Waals surface area contributed by atoms with Gasteiger partial charge in [-0.2, -0.15) is 0 Å². The minimum atomic E-state index is -0.261. The maximum atomic E-state index is 12.7. The van der Waals surface area contributed by atoms with Crippen LogP contribution in [0.2, 0.25) is 10.0 Å². The monoisotopic (exact) mass is 385 g/mol. The molecule has 7 heteroatoms. The van der Waals surface area contributed by atoms with Crippen LogP contribution in [0, 0.1) is 5.92 Å². The number of carbonyl (C=O) groups is 2. The van der Waals surface area contributed by atoms with Crippen LogP contribution in [0.15, 0.2) is 18.2 Å². The summed E-state index contributed by atoms with van der Waals surface area (Å²) in [7, 11) is 0. The molecule has 1 saturated heterocycles. The van der Waals surface area contributed by atoms with Crippen molar-refractivity contribution < 1.29 is 9.59 Å². The third-order valence-electron chi connectivity index (χ3n) is 4.51. The van der Waals surface area contributed by atoms with Gasteiger partial charge >= 0.3 is 6.03 Å². The molecular formula is C18H25Cl2N3O2. The zero-order chi connectivity index (χ0) is 18.4. The van der Waals surface area contributed by atoms with Gasteiger partial charge in [0.15, 0.2) is 0 Å². The maximum Gasteiger partial charge on any atom is 0.322 e. The standard InChI is InChI=1S/C18H25Cl2N3O2/c1-3-4-9-21-17(24)13-6-5-12(2)23(11-13)18(25)22-16-10-14(19)7-8-15(16)20/h7-8,10,12-13H,3-6,9,11H2,1-2H3,(H,21,24)(H,22,25). The Bertz CT molecular complexity index is 624. The molecule has 2 atom stereocenters. The number of hydrogen-bond donors (Lipinski definition) is 2. The highest BCUT2D eigenvalue weighted by molar-refractivity contribution is 6.35. The van der Waals surface area contributed by atoms with Gasteiger partial charge in [0.1, 0.15) is 0 Å². The lowest BCUT2D eigenvalue weighted by Crippen LogP contribution is -2.50. The van der Waals surface area contributed by atoms with Crippen LogP contribution < -0.4 is 10.6 Å². The Labute approximate surface area is 159 Å². The first kappa shape index (κ1) is 19.9. The lowest BCUT2D eigenvalue weighted by atomic mass is 9.93. The number of unbranched alkanes of at least 4 members (excludes halogenated alkanes) is 1. The maximum absolute atomic E-state index is 12.7. The highest BCUT2D eigenvalue weighted by Gasteiger charge is 2.32. The van der Waals surface area contributed by atoms with Gasteiger partial charge in [-0.15, -0.1) is 0 Å². The van der Waals surface area contributed by atoms with Crippen molar-refractivity contribution in [1.82, 2.24) is 10.2 Å². The summed E-state index contributed by atoms with van der Waals surface area (Å²) < 4.78 is 0. The number of halogens is 2. The van der Waals surface area contributed by atoms with Crippen molar-refractivity contribution in [2.45, 2.75) is 45.6 Å². The van der Waals surface area contributed by atoms with Crippen molar-refractivity contribution in [3.8, 4) is 0 Å². The number of benzene rings is 1. The number of anilines is 1. The summed E-state index contributed by atoms with van der Waals surface area (Å²) in [5, 5.41) is 6.69. The number of nitrogens with zero attached hydrogens (tertiary/aromatic N) is 1. The van der Waals surface area contributed by atoms with E-state index < -0.39 is 0 Å². The van der Waals surface area contributed by atoms with E-state index in [9.17, 15) is 9.59 Å². The third kappa shape index (κ3) is 5.51. The number of rotatable bonds is 5. The molecule has 3 amide bonds. The van der Waals surface area contributed by atoms with Crippen molar-refractivity contribution >= 4 is 40.8 Å². The topological polar surface area (TPSA) is 61.4 Å². The largest absolute Gasteiger partial charge is 0.356 e. The quantitative estimate of drug-likeness (QED) is 0.730. The van der Waals surface area contributed by atoms with Crippen LogP contribution in [-0.4, -0.2) is 36.0 Å². The summed E-state index contributed by atoms with van der Waals surface area (Å²) in [4.78, 5) is 26.6. The molecule has 1 fully saturated rings. The third-order valence-corrected chi connectivity index (χ3v) is 5.08. The molecule has 0 spiro atoms. The van der Waals surface area contributed by atoms with Gasteiger partial charge in [0.05, 0.1) is 16.6 Å². The molecule has 1 aromatic carbocycles. The second-order valence-corrected chi connectivity index (χ2v) is 7.32.